The Kier molecular flexibility index (Phi) is 11.4. The molecule has 0 saturated carbocycles. The normalized spacial score (nSPS) is 13.5. The smallest absolute Gasteiger partial charge is 0.0596 e. The number of unbranched alkanes of at least 4 members (excludes halogenated alkanes) is 4. The molecule has 0 rings (SSSR count). The highest BCUT2D eigenvalue weighted by Gasteiger charge is 1.98. The van der Waals surface area contributed by atoms with Crippen molar-refractivity contribution in [2.45, 2.75) is 51.0 Å². The molecule has 3 N–H and O–H groups in total. The van der Waals surface area contributed by atoms with Gasteiger partial charge in [-0.1, -0.05) is 25.0 Å². The first-order valence-electron chi connectivity index (χ1n) is 5.86. The highest BCUT2D eigenvalue weighted by molar-refractivity contribution is 4.83. The summed E-state index contributed by atoms with van der Waals surface area (Å²) in [6, 6.07) is 0. The van der Waals surface area contributed by atoms with Gasteiger partial charge in [-0.2, -0.15) is 0 Å². The average Bonchev–Trinajstić information content (AvgIpc) is 2.22. The molecular formula is C12H24O3. The molecule has 0 aromatic carbocycles. The van der Waals surface area contributed by atoms with Gasteiger partial charge in [-0.25, -0.2) is 0 Å². The summed E-state index contributed by atoms with van der Waals surface area (Å²) in [5.41, 5.74) is 0. The molecule has 0 aliphatic carbocycles. The van der Waals surface area contributed by atoms with Crippen LogP contribution in [-0.2, 0) is 0 Å². The maximum Gasteiger partial charge on any atom is 0.0596 e. The minimum absolute atomic E-state index is 0.0518. The first-order valence-corrected chi connectivity index (χ1v) is 5.86. The molecule has 0 aromatic rings. The lowest BCUT2D eigenvalue weighted by molar-refractivity contribution is 0.135. The lowest BCUT2D eigenvalue weighted by Gasteiger charge is -2.03. The number of hydrogen-bond donors (Lipinski definition) is 3. The second-order valence-corrected chi connectivity index (χ2v) is 3.80. The molecule has 0 saturated heterocycles. The summed E-state index contributed by atoms with van der Waals surface area (Å²) in [5.74, 6) is 0. The highest BCUT2D eigenvalue weighted by atomic mass is 16.3. The topological polar surface area (TPSA) is 60.7 Å². The molecule has 3 heteroatoms. The number of hydrogen-bond acceptors (Lipinski definition) is 3. The number of rotatable bonds is 10. The van der Waals surface area contributed by atoms with E-state index in [4.69, 9.17) is 10.2 Å². The van der Waals surface area contributed by atoms with Crippen molar-refractivity contribution in [3.63, 3.8) is 0 Å². The lowest BCUT2D eigenvalue weighted by atomic mass is 10.1. The number of aliphatic hydroxyl groups excluding tert-OH is 3. The van der Waals surface area contributed by atoms with Crippen molar-refractivity contribution in [2.75, 3.05) is 13.2 Å². The standard InChI is InChI=1S/C12H24O3/c13-10-7-5-3-1-2-4-6-8-12(15)9-11-14/h4,6,12-15H,1-3,5,7-11H2/b6-4-. The Morgan fingerprint density at radius 3 is 2.27 bits per heavy atom. The van der Waals surface area contributed by atoms with Gasteiger partial charge in [0.2, 0.25) is 0 Å². The predicted octanol–water partition coefficient (Wildman–Crippen LogP) is 1.62. The molecule has 0 heterocycles. The Balaban J connectivity index is 3.16. The predicted molar refractivity (Wildman–Crippen MR) is 61.6 cm³/mol. The number of aliphatic hydroxyl groups is 3. The van der Waals surface area contributed by atoms with Crippen LogP contribution in [0.1, 0.15) is 44.9 Å². The molecule has 0 spiro atoms. The molecule has 0 aliphatic rings. The van der Waals surface area contributed by atoms with Crippen molar-refractivity contribution in [1.29, 1.82) is 0 Å². The van der Waals surface area contributed by atoms with E-state index in [9.17, 15) is 5.11 Å². The molecule has 3 nitrogen and oxygen atoms in total. The minimum Gasteiger partial charge on any atom is -0.396 e. The van der Waals surface area contributed by atoms with E-state index in [2.05, 4.69) is 6.08 Å². The van der Waals surface area contributed by atoms with Gasteiger partial charge in [0, 0.05) is 13.2 Å². The Hall–Kier alpha value is -0.380. The molecule has 0 bridgehead atoms. The SMILES string of the molecule is OCCCCCC/C=C\CC(O)CCO. The molecule has 1 atom stereocenters. The molecule has 15 heavy (non-hydrogen) atoms. The number of allylic oxidation sites excluding steroid dienone is 1. The van der Waals surface area contributed by atoms with Gasteiger partial charge in [0.05, 0.1) is 6.10 Å². The summed E-state index contributed by atoms with van der Waals surface area (Å²) in [5, 5.41) is 26.4. The Morgan fingerprint density at radius 1 is 0.867 bits per heavy atom. The van der Waals surface area contributed by atoms with Crippen molar-refractivity contribution in [1.82, 2.24) is 0 Å². The van der Waals surface area contributed by atoms with Gasteiger partial charge in [-0.15, -0.1) is 0 Å². The van der Waals surface area contributed by atoms with Crippen LogP contribution in [0.25, 0.3) is 0 Å². The second-order valence-electron chi connectivity index (χ2n) is 3.80. The fourth-order valence-electron chi connectivity index (χ4n) is 1.37. The maximum absolute atomic E-state index is 9.28. The molecule has 0 fully saturated rings. The van der Waals surface area contributed by atoms with Crippen LogP contribution >= 0.6 is 0 Å². The van der Waals surface area contributed by atoms with Crippen molar-refractivity contribution in [2.24, 2.45) is 0 Å². The lowest BCUT2D eigenvalue weighted by Crippen LogP contribution is -2.06. The van der Waals surface area contributed by atoms with Crippen LogP contribution in [0, 0.1) is 0 Å². The van der Waals surface area contributed by atoms with Crippen molar-refractivity contribution in [3.05, 3.63) is 12.2 Å². The van der Waals surface area contributed by atoms with E-state index in [0.29, 0.717) is 19.4 Å². The van der Waals surface area contributed by atoms with E-state index in [1.165, 1.54) is 0 Å². The Morgan fingerprint density at radius 2 is 1.60 bits per heavy atom. The van der Waals surface area contributed by atoms with E-state index >= 15 is 0 Å². The third-order valence-corrected chi connectivity index (χ3v) is 2.32. The second kappa shape index (κ2) is 11.7. The van der Waals surface area contributed by atoms with Crippen LogP contribution in [0.2, 0.25) is 0 Å². The van der Waals surface area contributed by atoms with Crippen LogP contribution < -0.4 is 0 Å². The zero-order valence-electron chi connectivity index (χ0n) is 9.44. The quantitative estimate of drug-likeness (QED) is 0.384. The summed E-state index contributed by atoms with van der Waals surface area (Å²) < 4.78 is 0. The summed E-state index contributed by atoms with van der Waals surface area (Å²) in [6.07, 6.45) is 10.1. The minimum atomic E-state index is -0.402. The molecule has 0 amide bonds. The third kappa shape index (κ3) is 11.5. The third-order valence-electron chi connectivity index (χ3n) is 2.32. The van der Waals surface area contributed by atoms with Gasteiger partial charge in [0.15, 0.2) is 0 Å². The van der Waals surface area contributed by atoms with Crippen LogP contribution in [0.15, 0.2) is 12.2 Å². The van der Waals surface area contributed by atoms with Gasteiger partial charge in [-0.05, 0) is 32.1 Å². The van der Waals surface area contributed by atoms with E-state index < -0.39 is 6.10 Å². The van der Waals surface area contributed by atoms with E-state index in [0.717, 1.165) is 32.1 Å². The monoisotopic (exact) mass is 216 g/mol. The van der Waals surface area contributed by atoms with Crippen molar-refractivity contribution >= 4 is 0 Å². The fraction of sp³-hybridized carbons (Fsp3) is 0.833. The molecule has 0 aromatic heterocycles. The molecule has 0 radical (unpaired) electrons. The van der Waals surface area contributed by atoms with E-state index in [1.807, 2.05) is 6.08 Å². The van der Waals surface area contributed by atoms with Crippen molar-refractivity contribution < 1.29 is 15.3 Å². The first-order chi connectivity index (χ1) is 7.31. The van der Waals surface area contributed by atoms with Gasteiger partial charge in [0.25, 0.3) is 0 Å². The summed E-state index contributed by atoms with van der Waals surface area (Å²) in [4.78, 5) is 0. The fourth-order valence-corrected chi connectivity index (χ4v) is 1.37. The highest BCUT2D eigenvalue weighted by Crippen LogP contribution is 2.04. The van der Waals surface area contributed by atoms with E-state index in [1.54, 1.807) is 0 Å². The van der Waals surface area contributed by atoms with Crippen LogP contribution in [0.4, 0.5) is 0 Å². The Bertz CT molecular complexity index is 146. The van der Waals surface area contributed by atoms with Crippen molar-refractivity contribution in [3.8, 4) is 0 Å². The molecule has 1 unspecified atom stereocenters. The summed E-state index contributed by atoms with van der Waals surface area (Å²) in [6.45, 7) is 0.347. The van der Waals surface area contributed by atoms with Gasteiger partial charge < -0.3 is 15.3 Å². The molecule has 90 valence electrons. The summed E-state index contributed by atoms with van der Waals surface area (Å²) in [7, 11) is 0. The molecule has 0 aliphatic heterocycles. The largest absolute Gasteiger partial charge is 0.396 e. The van der Waals surface area contributed by atoms with Gasteiger partial charge >= 0.3 is 0 Å². The molecular weight excluding hydrogens is 192 g/mol. The average molecular weight is 216 g/mol. The van der Waals surface area contributed by atoms with Crippen LogP contribution in [-0.4, -0.2) is 34.6 Å². The van der Waals surface area contributed by atoms with Gasteiger partial charge in [-0.3, -0.25) is 0 Å². The van der Waals surface area contributed by atoms with Crippen LogP contribution in [0.3, 0.4) is 0 Å². The first kappa shape index (κ1) is 14.6. The Labute approximate surface area is 92.4 Å². The maximum atomic E-state index is 9.28. The zero-order valence-corrected chi connectivity index (χ0v) is 9.44. The summed E-state index contributed by atoms with van der Waals surface area (Å²) >= 11 is 0. The van der Waals surface area contributed by atoms with Crippen LogP contribution in [0.5, 0.6) is 0 Å². The van der Waals surface area contributed by atoms with E-state index in [-0.39, 0.29) is 6.61 Å². The van der Waals surface area contributed by atoms with Gasteiger partial charge in [0.1, 0.15) is 0 Å². The zero-order chi connectivity index (χ0) is 11.4.